The number of halogens is 2. The molecule has 0 aliphatic heterocycles. The first-order chi connectivity index (χ1) is 9.22. The molecule has 1 nitrogen and oxygen atoms in total. The fraction of sp³-hybridized carbons (Fsp3) is 0.250. The van der Waals surface area contributed by atoms with Crippen molar-refractivity contribution in [2.24, 2.45) is 0 Å². The molecule has 0 unspecified atom stereocenters. The smallest absolute Gasteiger partial charge is 0.0479 e. The zero-order valence-corrected chi connectivity index (χ0v) is 13.4. The van der Waals surface area contributed by atoms with E-state index >= 15 is 0 Å². The molecule has 1 saturated carbocycles. The molecule has 0 spiro atoms. The molecule has 0 heterocycles. The van der Waals surface area contributed by atoms with Crippen LogP contribution in [0.4, 0.5) is 5.69 Å². The first-order valence-electron chi connectivity index (χ1n) is 6.49. The summed E-state index contributed by atoms with van der Waals surface area (Å²) in [7, 11) is 0. The molecule has 1 fully saturated rings. The summed E-state index contributed by atoms with van der Waals surface area (Å²) in [6.45, 7) is 0. The highest BCUT2D eigenvalue weighted by atomic mass is 127. The van der Waals surface area contributed by atoms with Gasteiger partial charge in [0.15, 0.2) is 0 Å². The molecule has 0 radical (unpaired) electrons. The van der Waals surface area contributed by atoms with Crippen LogP contribution in [0.2, 0.25) is 5.02 Å². The maximum atomic E-state index is 5.97. The quantitative estimate of drug-likeness (QED) is 0.709. The van der Waals surface area contributed by atoms with E-state index in [1.165, 1.54) is 27.7 Å². The van der Waals surface area contributed by atoms with Gasteiger partial charge < -0.3 is 5.32 Å². The summed E-state index contributed by atoms with van der Waals surface area (Å²) in [5.74, 6) is 0.712. The third-order valence-corrected chi connectivity index (χ3v) is 4.83. The van der Waals surface area contributed by atoms with Gasteiger partial charge in [-0.3, -0.25) is 0 Å². The molecule has 1 aliphatic rings. The lowest BCUT2D eigenvalue weighted by atomic mass is 9.76. The van der Waals surface area contributed by atoms with Gasteiger partial charge in [0.25, 0.3) is 0 Å². The lowest BCUT2D eigenvalue weighted by Gasteiger charge is -2.37. The zero-order chi connectivity index (χ0) is 13.2. The normalized spacial score (nSPS) is 21.8. The second kappa shape index (κ2) is 5.71. The summed E-state index contributed by atoms with van der Waals surface area (Å²) >= 11 is 8.30. The first kappa shape index (κ1) is 13.3. The van der Waals surface area contributed by atoms with Crippen LogP contribution >= 0.6 is 34.2 Å². The molecule has 2 aromatic carbocycles. The Morgan fingerprint density at radius 3 is 2.47 bits per heavy atom. The van der Waals surface area contributed by atoms with Crippen molar-refractivity contribution in [3.8, 4) is 0 Å². The monoisotopic (exact) mass is 383 g/mol. The van der Waals surface area contributed by atoms with Gasteiger partial charge in [-0.15, -0.1) is 0 Å². The van der Waals surface area contributed by atoms with E-state index in [4.69, 9.17) is 11.6 Å². The second-order valence-electron chi connectivity index (χ2n) is 5.04. The minimum atomic E-state index is 0.583. The van der Waals surface area contributed by atoms with Crippen molar-refractivity contribution in [3.05, 3.63) is 62.7 Å². The number of hydrogen-bond acceptors (Lipinski definition) is 1. The van der Waals surface area contributed by atoms with Crippen molar-refractivity contribution in [1.29, 1.82) is 0 Å². The number of anilines is 1. The molecule has 1 N–H and O–H groups in total. The Morgan fingerprint density at radius 1 is 1.05 bits per heavy atom. The maximum Gasteiger partial charge on any atom is 0.0479 e. The summed E-state index contributed by atoms with van der Waals surface area (Å²) < 4.78 is 1.19. The molecule has 0 bridgehead atoms. The lowest BCUT2D eigenvalue weighted by molar-refractivity contribution is 0.374. The van der Waals surface area contributed by atoms with Gasteiger partial charge >= 0.3 is 0 Å². The molecular formula is C16H15ClIN. The molecule has 19 heavy (non-hydrogen) atoms. The molecular weight excluding hydrogens is 369 g/mol. The van der Waals surface area contributed by atoms with E-state index in [1.54, 1.807) is 0 Å². The third-order valence-electron chi connectivity index (χ3n) is 3.70. The molecule has 0 amide bonds. The fourth-order valence-corrected chi connectivity index (χ4v) is 3.59. The largest absolute Gasteiger partial charge is 0.381 e. The van der Waals surface area contributed by atoms with Crippen LogP contribution in [0, 0.1) is 3.57 Å². The van der Waals surface area contributed by atoms with E-state index in [-0.39, 0.29) is 0 Å². The Balaban J connectivity index is 1.60. The molecule has 3 rings (SSSR count). The van der Waals surface area contributed by atoms with E-state index in [1.807, 2.05) is 12.1 Å². The van der Waals surface area contributed by atoms with Crippen molar-refractivity contribution in [3.63, 3.8) is 0 Å². The summed E-state index contributed by atoms with van der Waals surface area (Å²) in [5.41, 5.74) is 2.66. The Morgan fingerprint density at radius 2 is 1.79 bits per heavy atom. The highest BCUT2D eigenvalue weighted by Gasteiger charge is 2.30. The predicted octanol–water partition coefficient (Wildman–Crippen LogP) is 5.30. The Labute approximate surface area is 132 Å². The van der Waals surface area contributed by atoms with Crippen LogP contribution in [0.25, 0.3) is 0 Å². The van der Waals surface area contributed by atoms with Crippen molar-refractivity contribution in [2.75, 3.05) is 5.32 Å². The van der Waals surface area contributed by atoms with Gasteiger partial charge in [0.2, 0.25) is 0 Å². The van der Waals surface area contributed by atoms with E-state index in [9.17, 15) is 0 Å². The van der Waals surface area contributed by atoms with Crippen LogP contribution in [0.1, 0.15) is 24.3 Å². The summed E-state index contributed by atoms with van der Waals surface area (Å²) in [4.78, 5) is 0. The molecule has 1 aliphatic carbocycles. The van der Waals surface area contributed by atoms with E-state index in [0.717, 1.165) is 5.02 Å². The topological polar surface area (TPSA) is 12.0 Å². The SMILES string of the molecule is Clc1ccc(NC2CC(c3ccccc3)C2)c(I)c1. The van der Waals surface area contributed by atoms with Crippen LogP contribution in [0.15, 0.2) is 48.5 Å². The van der Waals surface area contributed by atoms with Gasteiger partial charge in [0.05, 0.1) is 0 Å². The highest BCUT2D eigenvalue weighted by molar-refractivity contribution is 14.1. The van der Waals surface area contributed by atoms with Crippen LogP contribution in [0.5, 0.6) is 0 Å². The van der Waals surface area contributed by atoms with Crippen molar-refractivity contribution >= 4 is 39.9 Å². The van der Waals surface area contributed by atoms with Gasteiger partial charge in [-0.25, -0.2) is 0 Å². The van der Waals surface area contributed by atoms with Crippen LogP contribution in [-0.2, 0) is 0 Å². The second-order valence-corrected chi connectivity index (χ2v) is 6.64. The number of rotatable bonds is 3. The van der Waals surface area contributed by atoms with Crippen molar-refractivity contribution in [1.82, 2.24) is 0 Å². The lowest BCUT2D eigenvalue weighted by Crippen LogP contribution is -2.34. The van der Waals surface area contributed by atoms with E-state index in [0.29, 0.717) is 12.0 Å². The van der Waals surface area contributed by atoms with Crippen molar-refractivity contribution in [2.45, 2.75) is 24.8 Å². The molecule has 3 heteroatoms. The molecule has 0 saturated heterocycles. The van der Waals surface area contributed by atoms with Crippen LogP contribution in [-0.4, -0.2) is 6.04 Å². The van der Waals surface area contributed by atoms with E-state index in [2.05, 4.69) is 64.3 Å². The van der Waals surface area contributed by atoms with Gasteiger partial charge in [-0.1, -0.05) is 41.9 Å². The standard InChI is InChI=1S/C16H15ClIN/c17-13-6-7-16(15(18)10-13)19-14-8-12(9-14)11-4-2-1-3-5-11/h1-7,10,12,14,19H,8-9H2. The summed E-state index contributed by atoms with van der Waals surface area (Å²) in [5, 5.41) is 4.40. The van der Waals surface area contributed by atoms with Gasteiger partial charge in [-0.2, -0.15) is 0 Å². The van der Waals surface area contributed by atoms with E-state index < -0.39 is 0 Å². The Bertz CT molecular complexity index is 564. The first-order valence-corrected chi connectivity index (χ1v) is 7.94. The summed E-state index contributed by atoms with van der Waals surface area (Å²) in [6.07, 6.45) is 2.42. The molecule has 0 aromatic heterocycles. The number of benzene rings is 2. The van der Waals surface area contributed by atoms with Crippen LogP contribution < -0.4 is 5.32 Å². The molecule has 0 atom stereocenters. The predicted molar refractivity (Wildman–Crippen MR) is 90.0 cm³/mol. The average Bonchev–Trinajstić information content (AvgIpc) is 2.36. The molecule has 98 valence electrons. The minimum absolute atomic E-state index is 0.583. The Kier molecular flexibility index (Phi) is 3.99. The number of hydrogen-bond donors (Lipinski definition) is 1. The Hall–Kier alpha value is -0.740. The maximum absolute atomic E-state index is 5.97. The van der Waals surface area contributed by atoms with Crippen molar-refractivity contribution < 1.29 is 0 Å². The minimum Gasteiger partial charge on any atom is -0.381 e. The van der Waals surface area contributed by atoms with Gasteiger partial charge in [0, 0.05) is 20.3 Å². The third kappa shape index (κ3) is 3.06. The summed E-state index contributed by atoms with van der Waals surface area (Å²) in [6, 6.07) is 17.4. The van der Waals surface area contributed by atoms with Gasteiger partial charge in [-0.05, 0) is 65.1 Å². The zero-order valence-electron chi connectivity index (χ0n) is 10.4. The number of nitrogens with one attached hydrogen (secondary N) is 1. The molecule has 2 aromatic rings. The highest BCUT2D eigenvalue weighted by Crippen LogP contribution is 2.39. The van der Waals surface area contributed by atoms with Crippen LogP contribution in [0.3, 0.4) is 0 Å². The average molecular weight is 384 g/mol. The van der Waals surface area contributed by atoms with Gasteiger partial charge in [0.1, 0.15) is 0 Å². The fourth-order valence-electron chi connectivity index (χ4n) is 2.56.